The fourth-order valence-corrected chi connectivity index (χ4v) is 2.54. The van der Waals surface area contributed by atoms with Crippen LogP contribution < -0.4 is 5.32 Å². The molecule has 0 aliphatic heterocycles. The van der Waals surface area contributed by atoms with Crippen molar-refractivity contribution in [3.05, 3.63) is 82.6 Å². The van der Waals surface area contributed by atoms with Crippen LogP contribution in [0.4, 0.5) is 0 Å². The molecule has 3 aromatic rings. The van der Waals surface area contributed by atoms with Crippen LogP contribution in [0, 0.1) is 6.92 Å². The number of amides is 1. The zero-order valence-electron chi connectivity index (χ0n) is 13.4. The molecule has 1 heterocycles. The molecule has 0 atom stereocenters. The fraction of sp³-hybridized carbons (Fsp3) is 0.158. The van der Waals surface area contributed by atoms with Gasteiger partial charge in [-0.05, 0) is 42.8 Å². The molecular weight excluding hydrogens is 322 g/mol. The van der Waals surface area contributed by atoms with E-state index in [4.69, 9.17) is 11.6 Å². The summed E-state index contributed by atoms with van der Waals surface area (Å²) in [6.45, 7) is 2.43. The summed E-state index contributed by atoms with van der Waals surface area (Å²) in [6, 6.07) is 17.2. The summed E-state index contributed by atoms with van der Waals surface area (Å²) in [4.78, 5) is 12.1. The summed E-state index contributed by atoms with van der Waals surface area (Å²) >= 11 is 6.06. The van der Waals surface area contributed by atoms with Gasteiger partial charge in [0.1, 0.15) is 0 Å². The van der Waals surface area contributed by atoms with E-state index < -0.39 is 0 Å². The number of carbonyl (C=O) groups is 1. The van der Waals surface area contributed by atoms with Crippen LogP contribution in [-0.2, 0) is 6.42 Å². The molecule has 1 N–H and O–H groups in total. The minimum absolute atomic E-state index is 0.126. The highest BCUT2D eigenvalue weighted by Crippen LogP contribution is 2.16. The zero-order chi connectivity index (χ0) is 16.9. The SMILES string of the molecule is Cc1ccc(C(=O)NCCc2ccn(-c3ccccc3)n2)cc1Cl. The van der Waals surface area contributed by atoms with Gasteiger partial charge >= 0.3 is 0 Å². The quantitative estimate of drug-likeness (QED) is 0.768. The number of aryl methyl sites for hydroxylation is 1. The van der Waals surface area contributed by atoms with Gasteiger partial charge in [-0.2, -0.15) is 5.10 Å². The van der Waals surface area contributed by atoms with Crippen molar-refractivity contribution in [3.8, 4) is 5.69 Å². The van der Waals surface area contributed by atoms with Gasteiger partial charge in [0, 0.05) is 29.7 Å². The number of halogens is 1. The molecule has 1 aromatic heterocycles. The predicted molar refractivity (Wildman–Crippen MR) is 95.8 cm³/mol. The van der Waals surface area contributed by atoms with Crippen molar-refractivity contribution in [1.29, 1.82) is 0 Å². The van der Waals surface area contributed by atoms with Crippen LogP contribution in [0.2, 0.25) is 5.02 Å². The third-order valence-corrected chi connectivity index (χ3v) is 4.17. The van der Waals surface area contributed by atoms with Crippen LogP contribution in [-0.4, -0.2) is 22.2 Å². The molecule has 0 aliphatic rings. The number of nitrogens with one attached hydrogen (secondary N) is 1. The lowest BCUT2D eigenvalue weighted by atomic mass is 10.1. The topological polar surface area (TPSA) is 46.9 Å². The van der Waals surface area contributed by atoms with Gasteiger partial charge < -0.3 is 5.32 Å². The van der Waals surface area contributed by atoms with Gasteiger partial charge in [-0.3, -0.25) is 4.79 Å². The molecule has 3 rings (SSSR count). The average molecular weight is 340 g/mol. The number of rotatable bonds is 5. The summed E-state index contributed by atoms with van der Waals surface area (Å²) in [5.74, 6) is -0.126. The lowest BCUT2D eigenvalue weighted by molar-refractivity contribution is 0.0954. The maximum Gasteiger partial charge on any atom is 0.251 e. The molecule has 0 saturated carbocycles. The first-order valence-corrected chi connectivity index (χ1v) is 8.15. The minimum atomic E-state index is -0.126. The van der Waals surface area contributed by atoms with Gasteiger partial charge in [0.25, 0.3) is 5.91 Å². The maximum absolute atomic E-state index is 12.1. The first-order valence-electron chi connectivity index (χ1n) is 7.78. The van der Waals surface area contributed by atoms with E-state index in [2.05, 4.69) is 10.4 Å². The zero-order valence-corrected chi connectivity index (χ0v) is 14.1. The maximum atomic E-state index is 12.1. The van der Waals surface area contributed by atoms with Gasteiger partial charge in [-0.1, -0.05) is 35.9 Å². The van der Waals surface area contributed by atoms with Crippen molar-refractivity contribution in [2.45, 2.75) is 13.3 Å². The summed E-state index contributed by atoms with van der Waals surface area (Å²) < 4.78 is 1.83. The molecule has 24 heavy (non-hydrogen) atoms. The van der Waals surface area contributed by atoms with Crippen molar-refractivity contribution in [1.82, 2.24) is 15.1 Å². The highest BCUT2D eigenvalue weighted by atomic mass is 35.5. The van der Waals surface area contributed by atoms with Crippen molar-refractivity contribution in [2.24, 2.45) is 0 Å². The summed E-state index contributed by atoms with van der Waals surface area (Å²) in [5, 5.41) is 8.02. The van der Waals surface area contributed by atoms with Crippen LogP contribution in [0.5, 0.6) is 0 Å². The molecular formula is C19H18ClN3O. The Balaban J connectivity index is 1.56. The Hall–Kier alpha value is -2.59. The number of nitrogens with zero attached hydrogens (tertiary/aromatic N) is 2. The molecule has 1 amide bonds. The number of carbonyl (C=O) groups excluding carboxylic acids is 1. The molecule has 5 heteroatoms. The Bertz CT molecular complexity index is 843. The number of hydrogen-bond acceptors (Lipinski definition) is 2. The van der Waals surface area contributed by atoms with Gasteiger partial charge in [0.15, 0.2) is 0 Å². The largest absolute Gasteiger partial charge is 0.352 e. The Labute approximate surface area is 146 Å². The molecule has 2 aromatic carbocycles. The van der Waals surface area contributed by atoms with E-state index in [0.717, 1.165) is 16.9 Å². The van der Waals surface area contributed by atoms with Crippen LogP contribution in [0.3, 0.4) is 0 Å². The summed E-state index contributed by atoms with van der Waals surface area (Å²) in [5.41, 5.74) is 3.48. The van der Waals surface area contributed by atoms with Gasteiger partial charge in [0.05, 0.1) is 11.4 Å². The standard InChI is InChI=1S/C19H18ClN3O/c1-14-7-8-15(13-18(14)20)19(24)21-11-9-16-10-12-23(22-16)17-5-3-2-4-6-17/h2-8,10,12-13H,9,11H2,1H3,(H,21,24). The fourth-order valence-electron chi connectivity index (χ4n) is 2.36. The van der Waals surface area contributed by atoms with Crippen LogP contribution in [0.25, 0.3) is 5.69 Å². The molecule has 0 unspecified atom stereocenters. The third-order valence-electron chi connectivity index (χ3n) is 3.77. The number of hydrogen-bond donors (Lipinski definition) is 1. The first-order chi connectivity index (χ1) is 11.6. The highest BCUT2D eigenvalue weighted by molar-refractivity contribution is 6.31. The molecule has 0 radical (unpaired) electrons. The van der Waals surface area contributed by atoms with Crippen LogP contribution in [0.15, 0.2) is 60.8 Å². The molecule has 0 saturated heterocycles. The van der Waals surface area contributed by atoms with E-state index >= 15 is 0 Å². The normalized spacial score (nSPS) is 10.6. The number of para-hydroxylation sites is 1. The summed E-state index contributed by atoms with van der Waals surface area (Å²) in [6.07, 6.45) is 2.59. The van der Waals surface area contributed by atoms with E-state index in [0.29, 0.717) is 23.6 Å². The number of benzene rings is 2. The van der Waals surface area contributed by atoms with E-state index in [1.807, 2.05) is 60.3 Å². The molecule has 0 bridgehead atoms. The minimum Gasteiger partial charge on any atom is -0.352 e. The lowest BCUT2D eigenvalue weighted by Gasteiger charge is -2.06. The van der Waals surface area contributed by atoms with Crippen molar-refractivity contribution >= 4 is 17.5 Å². The molecule has 122 valence electrons. The Morgan fingerprint density at radius 2 is 1.96 bits per heavy atom. The highest BCUT2D eigenvalue weighted by Gasteiger charge is 2.07. The monoisotopic (exact) mass is 339 g/mol. The molecule has 4 nitrogen and oxygen atoms in total. The Kier molecular flexibility index (Phi) is 4.96. The van der Waals surface area contributed by atoms with E-state index in [9.17, 15) is 4.79 Å². The van der Waals surface area contributed by atoms with E-state index in [1.165, 1.54) is 0 Å². The van der Waals surface area contributed by atoms with E-state index in [-0.39, 0.29) is 5.91 Å². The number of aromatic nitrogens is 2. The first kappa shape index (κ1) is 16.3. The van der Waals surface area contributed by atoms with Crippen LogP contribution in [0.1, 0.15) is 21.6 Å². The van der Waals surface area contributed by atoms with Gasteiger partial charge in [0.2, 0.25) is 0 Å². The predicted octanol–water partition coefficient (Wildman–Crippen LogP) is 3.81. The van der Waals surface area contributed by atoms with E-state index in [1.54, 1.807) is 12.1 Å². The van der Waals surface area contributed by atoms with Gasteiger partial charge in [-0.15, -0.1) is 0 Å². The van der Waals surface area contributed by atoms with Crippen molar-refractivity contribution in [3.63, 3.8) is 0 Å². The van der Waals surface area contributed by atoms with Crippen molar-refractivity contribution in [2.75, 3.05) is 6.54 Å². The molecule has 0 aliphatic carbocycles. The smallest absolute Gasteiger partial charge is 0.251 e. The molecule has 0 fully saturated rings. The van der Waals surface area contributed by atoms with Crippen LogP contribution >= 0.6 is 11.6 Å². The second kappa shape index (κ2) is 7.32. The lowest BCUT2D eigenvalue weighted by Crippen LogP contribution is -2.25. The second-order valence-electron chi connectivity index (χ2n) is 5.56. The van der Waals surface area contributed by atoms with Gasteiger partial charge in [-0.25, -0.2) is 4.68 Å². The third kappa shape index (κ3) is 3.84. The summed E-state index contributed by atoms with van der Waals surface area (Å²) in [7, 11) is 0. The Morgan fingerprint density at radius 1 is 1.17 bits per heavy atom. The van der Waals surface area contributed by atoms with Crippen molar-refractivity contribution < 1.29 is 4.79 Å². The second-order valence-corrected chi connectivity index (χ2v) is 5.96. The average Bonchev–Trinajstić information content (AvgIpc) is 3.07. The Morgan fingerprint density at radius 3 is 2.71 bits per heavy atom. The molecule has 0 spiro atoms.